The van der Waals surface area contributed by atoms with E-state index in [1.54, 1.807) is 6.92 Å². The third-order valence-electron chi connectivity index (χ3n) is 3.88. The van der Waals surface area contributed by atoms with Gasteiger partial charge in [0.05, 0.1) is 5.92 Å². The van der Waals surface area contributed by atoms with Gasteiger partial charge in [0.15, 0.2) is 6.61 Å². The predicted octanol–water partition coefficient (Wildman–Crippen LogP) is 2.21. The first-order valence-electron chi connectivity index (χ1n) is 7.35. The molecule has 2 atom stereocenters. The predicted molar refractivity (Wildman–Crippen MR) is 76.6 cm³/mol. The minimum absolute atomic E-state index is 0.0669. The summed E-state index contributed by atoms with van der Waals surface area (Å²) < 4.78 is 41.5. The van der Waals surface area contributed by atoms with Crippen molar-refractivity contribution in [3.63, 3.8) is 0 Å². The van der Waals surface area contributed by atoms with Gasteiger partial charge in [0.25, 0.3) is 5.91 Å². The second-order valence-corrected chi connectivity index (χ2v) is 5.72. The zero-order chi connectivity index (χ0) is 17.9. The first-order chi connectivity index (χ1) is 11.2. The van der Waals surface area contributed by atoms with E-state index in [0.29, 0.717) is 6.42 Å². The molecule has 1 aromatic heterocycles. The Balaban J connectivity index is 2.12. The number of rotatable bonds is 4. The van der Waals surface area contributed by atoms with Crippen LogP contribution in [-0.4, -0.2) is 52.7 Å². The normalized spacial score (nSPS) is 21.4. The molecule has 2 heterocycles. The Morgan fingerprint density at radius 1 is 1.46 bits per heavy atom. The van der Waals surface area contributed by atoms with Gasteiger partial charge in [-0.1, -0.05) is 6.92 Å². The van der Waals surface area contributed by atoms with Crippen molar-refractivity contribution < 1.29 is 32.6 Å². The number of piperidine rings is 1. The number of aromatic nitrogens is 1. The third kappa shape index (κ3) is 4.36. The van der Waals surface area contributed by atoms with Crippen molar-refractivity contribution in [1.82, 2.24) is 9.88 Å². The van der Waals surface area contributed by atoms with E-state index in [-0.39, 0.29) is 30.5 Å². The number of alkyl halides is 3. The van der Waals surface area contributed by atoms with Gasteiger partial charge in [0, 0.05) is 19.3 Å². The number of nitrogens with zero attached hydrogens (tertiary/aromatic N) is 2. The molecule has 2 rings (SSSR count). The first kappa shape index (κ1) is 18.0. The van der Waals surface area contributed by atoms with Crippen LogP contribution < -0.4 is 4.74 Å². The van der Waals surface area contributed by atoms with E-state index in [4.69, 9.17) is 5.11 Å². The van der Waals surface area contributed by atoms with Crippen LogP contribution in [0.15, 0.2) is 18.3 Å². The summed E-state index contributed by atoms with van der Waals surface area (Å²) in [6.07, 6.45) is -3.00. The zero-order valence-corrected chi connectivity index (χ0v) is 12.9. The minimum atomic E-state index is -4.54. The summed E-state index contributed by atoms with van der Waals surface area (Å²) >= 11 is 0. The van der Waals surface area contributed by atoms with Crippen LogP contribution in [0.1, 0.15) is 23.7 Å². The standard InChI is InChI=1S/C15H17F3N2O4/c1-9-7-20(6-4-10(9)14(22)23)13(21)11-3-2-5-19-12(11)24-8-15(16,17)18/h2-3,5,9-10H,4,6-8H2,1H3,(H,22,23). The molecule has 24 heavy (non-hydrogen) atoms. The van der Waals surface area contributed by atoms with E-state index in [1.165, 1.54) is 23.2 Å². The van der Waals surface area contributed by atoms with Crippen molar-refractivity contribution >= 4 is 11.9 Å². The number of aliphatic carboxylic acids is 1. The molecule has 0 bridgehead atoms. The molecular formula is C15H17F3N2O4. The van der Waals surface area contributed by atoms with Gasteiger partial charge in [-0.2, -0.15) is 13.2 Å². The lowest BCUT2D eigenvalue weighted by Crippen LogP contribution is -2.45. The summed E-state index contributed by atoms with van der Waals surface area (Å²) in [5.41, 5.74) is -0.0669. The Labute approximate surface area is 136 Å². The van der Waals surface area contributed by atoms with Crippen molar-refractivity contribution in [2.24, 2.45) is 11.8 Å². The number of carboxylic acid groups (broad SMARTS) is 1. The van der Waals surface area contributed by atoms with Crippen molar-refractivity contribution in [1.29, 1.82) is 0 Å². The summed E-state index contributed by atoms with van der Waals surface area (Å²) in [4.78, 5) is 28.8. The fourth-order valence-electron chi connectivity index (χ4n) is 2.69. The lowest BCUT2D eigenvalue weighted by molar-refractivity contribution is -0.154. The van der Waals surface area contributed by atoms with Crippen LogP contribution in [0, 0.1) is 11.8 Å². The van der Waals surface area contributed by atoms with Crippen LogP contribution in [0.5, 0.6) is 5.88 Å². The van der Waals surface area contributed by atoms with E-state index >= 15 is 0 Å². The average molecular weight is 346 g/mol. The van der Waals surface area contributed by atoms with E-state index in [0.717, 1.165) is 0 Å². The van der Waals surface area contributed by atoms with Gasteiger partial charge in [-0.05, 0) is 24.5 Å². The van der Waals surface area contributed by atoms with Crippen LogP contribution in [0.4, 0.5) is 13.2 Å². The maximum atomic E-state index is 12.5. The topological polar surface area (TPSA) is 79.7 Å². The lowest BCUT2D eigenvalue weighted by atomic mass is 9.87. The van der Waals surface area contributed by atoms with Gasteiger partial charge in [-0.25, -0.2) is 4.98 Å². The summed E-state index contributed by atoms with van der Waals surface area (Å²) in [7, 11) is 0. The summed E-state index contributed by atoms with van der Waals surface area (Å²) in [5.74, 6) is -2.60. The number of carbonyl (C=O) groups is 2. The largest absolute Gasteiger partial charge is 0.481 e. The van der Waals surface area contributed by atoms with Crippen LogP contribution >= 0.6 is 0 Å². The molecule has 0 radical (unpaired) electrons. The number of likely N-dealkylation sites (tertiary alicyclic amines) is 1. The summed E-state index contributed by atoms with van der Waals surface area (Å²) in [6, 6.07) is 2.77. The number of pyridine rings is 1. The van der Waals surface area contributed by atoms with Crippen LogP contribution in [0.2, 0.25) is 0 Å². The van der Waals surface area contributed by atoms with Gasteiger partial charge in [-0.15, -0.1) is 0 Å². The number of hydrogen-bond acceptors (Lipinski definition) is 4. The maximum absolute atomic E-state index is 12.5. The Morgan fingerprint density at radius 3 is 2.75 bits per heavy atom. The highest BCUT2D eigenvalue weighted by Gasteiger charge is 2.35. The van der Waals surface area contributed by atoms with E-state index in [9.17, 15) is 22.8 Å². The van der Waals surface area contributed by atoms with Crippen molar-refractivity contribution in [2.45, 2.75) is 19.5 Å². The van der Waals surface area contributed by atoms with E-state index in [2.05, 4.69) is 9.72 Å². The van der Waals surface area contributed by atoms with Gasteiger partial charge >= 0.3 is 12.1 Å². The quantitative estimate of drug-likeness (QED) is 0.904. The van der Waals surface area contributed by atoms with Gasteiger partial charge in [0.2, 0.25) is 5.88 Å². The molecule has 1 fully saturated rings. The molecule has 2 unspecified atom stereocenters. The molecule has 1 aliphatic rings. The molecule has 1 aliphatic heterocycles. The minimum Gasteiger partial charge on any atom is -0.481 e. The molecule has 1 saturated heterocycles. The fraction of sp³-hybridized carbons (Fsp3) is 0.533. The molecule has 132 valence electrons. The average Bonchev–Trinajstić information content (AvgIpc) is 2.51. The highest BCUT2D eigenvalue weighted by atomic mass is 19.4. The van der Waals surface area contributed by atoms with Crippen molar-refractivity contribution in [2.75, 3.05) is 19.7 Å². The van der Waals surface area contributed by atoms with Gasteiger partial charge in [-0.3, -0.25) is 9.59 Å². The van der Waals surface area contributed by atoms with Crippen LogP contribution in [0.3, 0.4) is 0 Å². The number of amides is 1. The number of carboxylic acids is 1. The highest BCUT2D eigenvalue weighted by molar-refractivity contribution is 5.96. The zero-order valence-electron chi connectivity index (χ0n) is 12.9. The molecule has 6 nitrogen and oxygen atoms in total. The molecule has 0 aromatic carbocycles. The molecule has 0 spiro atoms. The molecule has 9 heteroatoms. The second kappa shape index (κ2) is 7.06. The molecule has 1 N–H and O–H groups in total. The number of carbonyl (C=O) groups excluding carboxylic acids is 1. The Kier molecular flexibility index (Phi) is 5.30. The molecule has 0 aliphatic carbocycles. The molecule has 0 saturated carbocycles. The smallest absolute Gasteiger partial charge is 0.422 e. The van der Waals surface area contributed by atoms with Crippen molar-refractivity contribution in [3.05, 3.63) is 23.9 Å². The van der Waals surface area contributed by atoms with E-state index < -0.39 is 30.6 Å². The summed E-state index contributed by atoms with van der Waals surface area (Å²) in [6.45, 7) is 0.613. The van der Waals surface area contributed by atoms with Crippen LogP contribution in [0.25, 0.3) is 0 Å². The molecule has 1 aromatic rings. The second-order valence-electron chi connectivity index (χ2n) is 5.72. The third-order valence-corrected chi connectivity index (χ3v) is 3.88. The fourth-order valence-corrected chi connectivity index (χ4v) is 2.69. The lowest BCUT2D eigenvalue weighted by Gasteiger charge is -2.35. The maximum Gasteiger partial charge on any atom is 0.422 e. The molecular weight excluding hydrogens is 329 g/mol. The highest BCUT2D eigenvalue weighted by Crippen LogP contribution is 2.27. The molecule has 1 amide bonds. The van der Waals surface area contributed by atoms with Gasteiger partial charge < -0.3 is 14.7 Å². The monoisotopic (exact) mass is 346 g/mol. The van der Waals surface area contributed by atoms with Gasteiger partial charge in [0.1, 0.15) is 5.56 Å². The Bertz CT molecular complexity index is 621. The number of halogens is 3. The Morgan fingerprint density at radius 2 is 2.17 bits per heavy atom. The Hall–Kier alpha value is -2.32. The number of hydrogen-bond donors (Lipinski definition) is 1. The van der Waals surface area contributed by atoms with Crippen LogP contribution in [-0.2, 0) is 4.79 Å². The van der Waals surface area contributed by atoms with Crippen molar-refractivity contribution in [3.8, 4) is 5.88 Å². The van der Waals surface area contributed by atoms with E-state index in [1.807, 2.05) is 0 Å². The first-order valence-corrected chi connectivity index (χ1v) is 7.35. The SMILES string of the molecule is CC1CN(C(=O)c2cccnc2OCC(F)(F)F)CCC1C(=O)O. The summed E-state index contributed by atoms with van der Waals surface area (Å²) in [5, 5.41) is 9.10. The number of ether oxygens (including phenoxy) is 1.